The molecule has 0 saturated heterocycles. The van der Waals surface area contributed by atoms with Crippen LogP contribution < -0.4 is 4.74 Å². The van der Waals surface area contributed by atoms with Crippen LogP contribution in [-0.2, 0) is 22.4 Å². The molecule has 1 atom stereocenters. The van der Waals surface area contributed by atoms with E-state index in [9.17, 15) is 9.59 Å². The quantitative estimate of drug-likeness (QED) is 0.498. The van der Waals surface area contributed by atoms with Crippen LogP contribution in [0.25, 0.3) is 0 Å². The average molecular weight is 417 g/mol. The first kappa shape index (κ1) is 22.3. The largest absolute Gasteiger partial charge is 0.496 e. The van der Waals surface area contributed by atoms with Gasteiger partial charge in [-0.15, -0.1) is 6.58 Å². The molecule has 1 aromatic heterocycles. The van der Waals surface area contributed by atoms with Gasteiger partial charge in [-0.1, -0.05) is 24.3 Å². The molecule has 5 heteroatoms. The van der Waals surface area contributed by atoms with Gasteiger partial charge in [0.15, 0.2) is 0 Å². The van der Waals surface area contributed by atoms with E-state index in [1.165, 1.54) is 0 Å². The van der Waals surface area contributed by atoms with Gasteiger partial charge in [0, 0.05) is 54.9 Å². The predicted molar refractivity (Wildman–Crippen MR) is 122 cm³/mol. The number of benzene rings is 1. The second kappa shape index (κ2) is 10.6. The summed E-state index contributed by atoms with van der Waals surface area (Å²) in [5, 5.41) is 0. The number of ether oxygens (including phenoxy) is 1. The maximum Gasteiger partial charge on any atom is 0.137 e. The number of aromatic nitrogens is 1. The van der Waals surface area contributed by atoms with Crippen molar-refractivity contribution >= 4 is 17.3 Å². The molecule has 3 rings (SSSR count). The molecule has 0 amide bonds. The molecule has 0 saturated carbocycles. The zero-order chi connectivity index (χ0) is 22.2. The van der Waals surface area contributed by atoms with E-state index in [2.05, 4.69) is 16.6 Å². The molecule has 0 radical (unpaired) electrons. The van der Waals surface area contributed by atoms with Crippen LogP contribution in [0.4, 0.5) is 0 Å². The van der Waals surface area contributed by atoms with Crippen LogP contribution in [0.15, 0.2) is 72.1 Å². The summed E-state index contributed by atoms with van der Waals surface area (Å²) in [5.74, 6) is 1.02. The third-order valence-corrected chi connectivity index (χ3v) is 5.38. The first-order valence-electron chi connectivity index (χ1n) is 10.5. The van der Waals surface area contributed by atoms with Gasteiger partial charge in [-0.2, -0.15) is 0 Å². The lowest BCUT2D eigenvalue weighted by Gasteiger charge is -2.16. The summed E-state index contributed by atoms with van der Waals surface area (Å²) in [5.41, 5.74) is 4.84. The molecule has 0 N–H and O–H groups in total. The minimum atomic E-state index is 0.0910. The molecule has 1 aliphatic heterocycles. The molecule has 1 aromatic carbocycles. The van der Waals surface area contributed by atoms with Gasteiger partial charge in [0.2, 0.25) is 0 Å². The van der Waals surface area contributed by atoms with E-state index < -0.39 is 0 Å². The average Bonchev–Trinajstić information content (AvgIpc) is 3.15. The molecular formula is C26H28N2O3. The van der Waals surface area contributed by atoms with Crippen molar-refractivity contribution in [3.05, 3.63) is 83.8 Å². The summed E-state index contributed by atoms with van der Waals surface area (Å²) in [6, 6.07) is 9.50. The van der Waals surface area contributed by atoms with E-state index in [-0.39, 0.29) is 23.9 Å². The molecule has 0 aliphatic carbocycles. The van der Waals surface area contributed by atoms with Crippen LogP contribution in [0.1, 0.15) is 42.9 Å². The second-order valence-corrected chi connectivity index (χ2v) is 7.78. The summed E-state index contributed by atoms with van der Waals surface area (Å²) in [6.07, 6.45) is 9.83. The minimum Gasteiger partial charge on any atom is -0.496 e. The smallest absolute Gasteiger partial charge is 0.137 e. The highest BCUT2D eigenvalue weighted by molar-refractivity contribution is 6.05. The van der Waals surface area contributed by atoms with E-state index in [0.717, 1.165) is 34.4 Å². The normalized spacial score (nSPS) is 15.2. The van der Waals surface area contributed by atoms with E-state index in [4.69, 9.17) is 4.74 Å². The van der Waals surface area contributed by atoms with Crippen molar-refractivity contribution in [2.75, 3.05) is 7.11 Å². The molecule has 31 heavy (non-hydrogen) atoms. The lowest BCUT2D eigenvalue weighted by molar-refractivity contribution is -0.118. The van der Waals surface area contributed by atoms with E-state index >= 15 is 0 Å². The van der Waals surface area contributed by atoms with Gasteiger partial charge in [-0.25, -0.2) is 0 Å². The van der Waals surface area contributed by atoms with Gasteiger partial charge in [-0.05, 0) is 43.0 Å². The van der Waals surface area contributed by atoms with E-state index in [1.807, 2.05) is 48.8 Å². The number of allylic oxidation sites excluding steroid dienone is 2. The zero-order valence-corrected chi connectivity index (χ0v) is 18.1. The Morgan fingerprint density at radius 2 is 2.06 bits per heavy atom. The number of methoxy groups -OCH3 is 1. The van der Waals surface area contributed by atoms with Crippen molar-refractivity contribution in [1.29, 1.82) is 0 Å². The van der Waals surface area contributed by atoms with Gasteiger partial charge < -0.3 is 4.74 Å². The number of hydrogen-bond donors (Lipinski definition) is 0. The Bertz CT molecular complexity index is 1020. The lowest BCUT2D eigenvalue weighted by atomic mass is 9.87. The molecular weight excluding hydrogens is 388 g/mol. The molecule has 1 aliphatic rings. The summed E-state index contributed by atoms with van der Waals surface area (Å²) in [4.78, 5) is 33.0. The van der Waals surface area contributed by atoms with Crippen LogP contribution in [0, 0.1) is 5.92 Å². The van der Waals surface area contributed by atoms with Crippen molar-refractivity contribution in [1.82, 2.24) is 4.98 Å². The SMILES string of the molecule is C=CCC1C(CCC(=O)Cc2cc(CC(C)=O)ccc2OC)=CN=C1c1cccnc1. The minimum absolute atomic E-state index is 0.0910. The van der Waals surface area contributed by atoms with Crippen molar-refractivity contribution < 1.29 is 14.3 Å². The van der Waals surface area contributed by atoms with Crippen LogP contribution in [0.3, 0.4) is 0 Å². The summed E-state index contributed by atoms with van der Waals surface area (Å²) >= 11 is 0. The Kier molecular flexibility index (Phi) is 7.65. The molecule has 2 aromatic rings. The fraction of sp³-hybridized carbons (Fsp3) is 0.308. The topological polar surface area (TPSA) is 68.6 Å². The van der Waals surface area contributed by atoms with Crippen molar-refractivity contribution in [2.24, 2.45) is 10.9 Å². The van der Waals surface area contributed by atoms with Crippen molar-refractivity contribution in [2.45, 2.75) is 39.0 Å². The number of carbonyl (C=O) groups excluding carboxylic acids is 2. The number of rotatable bonds is 11. The Morgan fingerprint density at radius 3 is 2.74 bits per heavy atom. The third kappa shape index (κ3) is 5.85. The molecule has 0 spiro atoms. The maximum absolute atomic E-state index is 12.8. The number of pyridine rings is 1. The standard InChI is InChI=1S/C26H28N2O3/c1-4-6-24-20(17-28-26(24)21-7-5-12-27-16-21)9-10-23(30)15-22-14-19(13-18(2)29)8-11-25(22)31-3/h4-5,7-8,11-12,14,16-17,24H,1,6,9-10,13,15H2,2-3H3. The first-order chi connectivity index (χ1) is 15.0. The molecule has 2 heterocycles. The van der Waals surface area contributed by atoms with Crippen molar-refractivity contribution in [3.63, 3.8) is 0 Å². The highest BCUT2D eigenvalue weighted by Gasteiger charge is 2.25. The Balaban J connectivity index is 1.64. The summed E-state index contributed by atoms with van der Waals surface area (Å²) in [6.45, 7) is 5.44. The molecule has 5 nitrogen and oxygen atoms in total. The highest BCUT2D eigenvalue weighted by Crippen LogP contribution is 2.31. The van der Waals surface area contributed by atoms with Gasteiger partial charge in [0.05, 0.1) is 12.8 Å². The lowest BCUT2D eigenvalue weighted by Crippen LogP contribution is -2.15. The Labute approximate surface area is 183 Å². The van der Waals surface area contributed by atoms with Crippen LogP contribution in [-0.4, -0.2) is 29.4 Å². The second-order valence-electron chi connectivity index (χ2n) is 7.78. The third-order valence-electron chi connectivity index (χ3n) is 5.38. The maximum atomic E-state index is 12.8. The number of hydrogen-bond acceptors (Lipinski definition) is 5. The number of Topliss-reactive ketones (excluding diaryl/α,β-unsaturated/α-hetero) is 2. The molecule has 0 fully saturated rings. The van der Waals surface area contributed by atoms with Gasteiger partial charge >= 0.3 is 0 Å². The Hall–Kier alpha value is -3.34. The first-order valence-corrected chi connectivity index (χ1v) is 10.5. The van der Waals surface area contributed by atoms with Gasteiger partial charge in [-0.3, -0.25) is 19.6 Å². The van der Waals surface area contributed by atoms with Crippen molar-refractivity contribution in [3.8, 4) is 5.75 Å². The predicted octanol–water partition coefficient (Wildman–Crippen LogP) is 4.69. The monoisotopic (exact) mass is 416 g/mol. The number of carbonyl (C=O) groups is 2. The molecule has 160 valence electrons. The van der Waals surface area contributed by atoms with E-state index in [1.54, 1.807) is 20.2 Å². The summed E-state index contributed by atoms with van der Waals surface area (Å²) < 4.78 is 5.41. The molecule has 0 bridgehead atoms. The van der Waals surface area contributed by atoms with Crippen LogP contribution in [0.2, 0.25) is 0 Å². The van der Waals surface area contributed by atoms with Gasteiger partial charge in [0.1, 0.15) is 17.3 Å². The number of ketones is 2. The fourth-order valence-corrected chi connectivity index (χ4v) is 3.92. The van der Waals surface area contributed by atoms with Crippen LogP contribution >= 0.6 is 0 Å². The fourth-order valence-electron chi connectivity index (χ4n) is 3.92. The summed E-state index contributed by atoms with van der Waals surface area (Å²) in [7, 11) is 1.59. The Morgan fingerprint density at radius 1 is 1.23 bits per heavy atom. The van der Waals surface area contributed by atoms with Crippen LogP contribution in [0.5, 0.6) is 5.75 Å². The highest BCUT2D eigenvalue weighted by atomic mass is 16.5. The van der Waals surface area contributed by atoms with E-state index in [0.29, 0.717) is 25.0 Å². The number of aliphatic imine (C=N–C) groups is 1. The zero-order valence-electron chi connectivity index (χ0n) is 18.1. The molecule has 1 unspecified atom stereocenters. The van der Waals surface area contributed by atoms with Gasteiger partial charge in [0.25, 0.3) is 0 Å². The number of nitrogens with zero attached hydrogens (tertiary/aromatic N) is 2.